The fourth-order valence-corrected chi connectivity index (χ4v) is 3.55. The predicted octanol–water partition coefficient (Wildman–Crippen LogP) is 2.17. The second-order valence-electron chi connectivity index (χ2n) is 7.64. The molecular formula is C21H34IN7O. The fraction of sp³-hybridized carbons (Fsp3) is 0.571. The molecule has 1 aromatic heterocycles. The van der Waals surface area contributed by atoms with Crippen molar-refractivity contribution in [3.05, 3.63) is 47.0 Å². The molecule has 3 rings (SSSR count). The molecule has 0 aliphatic carbocycles. The van der Waals surface area contributed by atoms with E-state index in [-0.39, 0.29) is 30.0 Å². The molecule has 1 aromatic carbocycles. The number of rotatable bonds is 8. The normalized spacial score (nSPS) is 16.2. The van der Waals surface area contributed by atoms with Crippen molar-refractivity contribution in [2.24, 2.45) is 4.99 Å². The molecule has 0 amide bonds. The predicted molar refractivity (Wildman–Crippen MR) is 130 cm³/mol. The maximum atomic E-state index is 5.15. The minimum atomic E-state index is 0. The number of hydrogen-bond donors (Lipinski definition) is 2. The molecule has 166 valence electrons. The molecule has 0 bridgehead atoms. The van der Waals surface area contributed by atoms with Crippen molar-refractivity contribution in [1.82, 2.24) is 30.3 Å². The minimum Gasteiger partial charge on any atom is -0.377 e. The van der Waals surface area contributed by atoms with Crippen LogP contribution in [-0.2, 0) is 37.4 Å². The lowest BCUT2D eigenvalue weighted by atomic mass is 10.1. The van der Waals surface area contributed by atoms with Gasteiger partial charge in [0.2, 0.25) is 0 Å². The maximum absolute atomic E-state index is 5.15. The van der Waals surface area contributed by atoms with Crippen molar-refractivity contribution in [3.8, 4) is 0 Å². The van der Waals surface area contributed by atoms with E-state index in [1.807, 2.05) is 4.68 Å². The van der Waals surface area contributed by atoms with Crippen molar-refractivity contribution in [2.45, 2.75) is 52.0 Å². The van der Waals surface area contributed by atoms with Crippen LogP contribution >= 0.6 is 24.0 Å². The van der Waals surface area contributed by atoms with Crippen molar-refractivity contribution in [3.63, 3.8) is 0 Å². The smallest absolute Gasteiger partial charge is 0.191 e. The van der Waals surface area contributed by atoms with Gasteiger partial charge in [0.25, 0.3) is 0 Å². The van der Waals surface area contributed by atoms with Crippen LogP contribution in [0.5, 0.6) is 0 Å². The number of aryl methyl sites for hydroxylation is 1. The van der Waals surface area contributed by atoms with E-state index in [4.69, 9.17) is 9.73 Å². The molecule has 9 heteroatoms. The number of halogens is 1. The molecule has 0 radical (unpaired) electrons. The molecule has 1 aliphatic heterocycles. The maximum Gasteiger partial charge on any atom is 0.191 e. The van der Waals surface area contributed by atoms with E-state index < -0.39 is 0 Å². The molecule has 0 saturated heterocycles. The third kappa shape index (κ3) is 6.92. The van der Waals surface area contributed by atoms with Crippen molar-refractivity contribution >= 4 is 29.9 Å². The molecule has 1 atom stereocenters. The molecule has 2 N–H and O–H groups in total. The van der Waals surface area contributed by atoms with E-state index in [0.717, 1.165) is 50.1 Å². The number of methoxy groups -OCH3 is 1. The highest BCUT2D eigenvalue weighted by Gasteiger charge is 2.22. The van der Waals surface area contributed by atoms with Crippen LogP contribution < -0.4 is 10.6 Å². The summed E-state index contributed by atoms with van der Waals surface area (Å²) in [6.07, 6.45) is 1.91. The number of aliphatic imine (C=N–C) groups is 1. The summed E-state index contributed by atoms with van der Waals surface area (Å²) in [5.41, 5.74) is 2.57. The molecule has 30 heavy (non-hydrogen) atoms. The quantitative estimate of drug-likeness (QED) is 0.311. The summed E-state index contributed by atoms with van der Waals surface area (Å²) in [6, 6.07) is 8.77. The summed E-state index contributed by atoms with van der Waals surface area (Å²) in [5, 5.41) is 11.5. The summed E-state index contributed by atoms with van der Waals surface area (Å²) >= 11 is 0. The van der Waals surface area contributed by atoms with Gasteiger partial charge in [-0.25, -0.2) is 14.7 Å². The van der Waals surface area contributed by atoms with E-state index in [1.54, 1.807) is 7.11 Å². The van der Waals surface area contributed by atoms with Gasteiger partial charge in [0.15, 0.2) is 11.8 Å². The average molecular weight is 527 g/mol. The Hall–Kier alpha value is -1.72. The summed E-state index contributed by atoms with van der Waals surface area (Å²) in [5.74, 6) is 2.63. The van der Waals surface area contributed by atoms with Gasteiger partial charge < -0.3 is 20.3 Å². The van der Waals surface area contributed by atoms with Gasteiger partial charge in [0.1, 0.15) is 12.4 Å². The van der Waals surface area contributed by atoms with Gasteiger partial charge in [-0.05, 0) is 38.6 Å². The van der Waals surface area contributed by atoms with E-state index in [9.17, 15) is 0 Å². The van der Waals surface area contributed by atoms with Crippen LogP contribution in [0.4, 0.5) is 0 Å². The van der Waals surface area contributed by atoms with Crippen LogP contribution in [0.1, 0.15) is 36.1 Å². The number of nitrogens with one attached hydrogen (secondary N) is 2. The highest BCUT2D eigenvalue weighted by atomic mass is 127. The molecule has 2 aromatic rings. The topological polar surface area (TPSA) is 79.6 Å². The van der Waals surface area contributed by atoms with Gasteiger partial charge in [-0.3, -0.25) is 0 Å². The van der Waals surface area contributed by atoms with Crippen LogP contribution in [-0.4, -0.2) is 59.4 Å². The number of aromatic nitrogens is 3. The van der Waals surface area contributed by atoms with E-state index >= 15 is 0 Å². The standard InChI is InChI=1S/C21H33N7O.HI/c1-5-22-21(23-12-16-8-6-7-9-17(16)13-27(2)3)24-18-10-11-20-25-19(15-29-4)26-28(20)14-18;/h6-9,18H,5,10-15H2,1-4H3,(H2,22,23,24);1H. The Kier molecular flexibility index (Phi) is 9.99. The Morgan fingerprint density at radius 2 is 2.07 bits per heavy atom. The lowest BCUT2D eigenvalue weighted by Gasteiger charge is -2.25. The molecule has 1 unspecified atom stereocenters. The number of hydrogen-bond acceptors (Lipinski definition) is 5. The molecule has 1 aliphatic rings. The first-order chi connectivity index (χ1) is 14.1. The zero-order valence-corrected chi connectivity index (χ0v) is 20.7. The first-order valence-electron chi connectivity index (χ1n) is 10.3. The Morgan fingerprint density at radius 3 is 2.77 bits per heavy atom. The highest BCUT2D eigenvalue weighted by molar-refractivity contribution is 14.0. The van der Waals surface area contributed by atoms with Gasteiger partial charge in [0.05, 0.1) is 13.1 Å². The molecule has 2 heterocycles. The van der Waals surface area contributed by atoms with Crippen LogP contribution in [0.3, 0.4) is 0 Å². The molecular weight excluding hydrogens is 493 g/mol. The summed E-state index contributed by atoms with van der Waals surface area (Å²) in [7, 11) is 5.84. The highest BCUT2D eigenvalue weighted by Crippen LogP contribution is 2.14. The Morgan fingerprint density at radius 1 is 1.30 bits per heavy atom. The molecule has 0 spiro atoms. The van der Waals surface area contributed by atoms with Crippen LogP contribution in [0.25, 0.3) is 0 Å². The molecule has 8 nitrogen and oxygen atoms in total. The number of fused-ring (bicyclic) bond motifs is 1. The second-order valence-corrected chi connectivity index (χ2v) is 7.64. The van der Waals surface area contributed by atoms with Crippen LogP contribution in [0, 0.1) is 0 Å². The third-order valence-electron chi connectivity index (χ3n) is 4.87. The van der Waals surface area contributed by atoms with Crippen LogP contribution in [0.15, 0.2) is 29.3 Å². The summed E-state index contributed by atoms with van der Waals surface area (Å²) in [4.78, 5) is 11.6. The zero-order chi connectivity index (χ0) is 20.6. The van der Waals surface area contributed by atoms with E-state index in [0.29, 0.717) is 13.2 Å². The number of guanidine groups is 1. The van der Waals surface area contributed by atoms with Crippen LogP contribution in [0.2, 0.25) is 0 Å². The van der Waals surface area contributed by atoms with Crippen molar-refractivity contribution < 1.29 is 4.74 Å². The second kappa shape index (κ2) is 12.2. The largest absolute Gasteiger partial charge is 0.377 e. The number of nitrogens with zero attached hydrogens (tertiary/aromatic N) is 5. The molecule has 0 fully saturated rings. The summed E-state index contributed by atoms with van der Waals surface area (Å²) < 4.78 is 7.14. The fourth-order valence-electron chi connectivity index (χ4n) is 3.55. The minimum absolute atomic E-state index is 0. The average Bonchev–Trinajstić information content (AvgIpc) is 3.09. The first kappa shape index (κ1) is 24.5. The summed E-state index contributed by atoms with van der Waals surface area (Å²) in [6.45, 7) is 5.72. The van der Waals surface area contributed by atoms with Gasteiger partial charge in [-0.2, -0.15) is 5.10 Å². The lowest BCUT2D eigenvalue weighted by Crippen LogP contribution is -2.47. The zero-order valence-electron chi connectivity index (χ0n) is 18.4. The monoisotopic (exact) mass is 527 g/mol. The van der Waals surface area contributed by atoms with Gasteiger partial charge in [0, 0.05) is 32.7 Å². The van der Waals surface area contributed by atoms with Crippen molar-refractivity contribution in [1.29, 1.82) is 0 Å². The van der Waals surface area contributed by atoms with Gasteiger partial charge >= 0.3 is 0 Å². The first-order valence-corrected chi connectivity index (χ1v) is 10.3. The van der Waals surface area contributed by atoms with Gasteiger partial charge in [-0.15, -0.1) is 24.0 Å². The Bertz CT molecular complexity index is 821. The number of ether oxygens (including phenoxy) is 1. The number of benzene rings is 1. The van der Waals surface area contributed by atoms with Crippen molar-refractivity contribution in [2.75, 3.05) is 27.7 Å². The van der Waals surface area contributed by atoms with Gasteiger partial charge in [-0.1, -0.05) is 24.3 Å². The third-order valence-corrected chi connectivity index (χ3v) is 4.87. The lowest BCUT2D eigenvalue weighted by molar-refractivity contribution is 0.177. The SMILES string of the molecule is CCNC(=NCc1ccccc1CN(C)C)NC1CCc2nc(COC)nn2C1.I. The van der Waals surface area contributed by atoms with E-state index in [1.165, 1.54) is 11.1 Å². The van der Waals surface area contributed by atoms with E-state index in [2.05, 4.69) is 70.9 Å². The Balaban J connectivity index is 0.00000320. The Labute approximate surface area is 196 Å². The molecule has 0 saturated carbocycles.